The second-order valence-electron chi connectivity index (χ2n) is 5.13. The highest BCUT2D eigenvalue weighted by Crippen LogP contribution is 2.30. The summed E-state index contributed by atoms with van der Waals surface area (Å²) in [5.41, 5.74) is 0.833. The Morgan fingerprint density at radius 3 is 2.04 bits per heavy atom. The molecule has 0 aliphatic carbocycles. The van der Waals surface area contributed by atoms with Crippen molar-refractivity contribution in [3.05, 3.63) is 48.0 Å². The molecule has 0 aliphatic heterocycles. The summed E-state index contributed by atoms with van der Waals surface area (Å²) in [6.45, 7) is 1.78. The topological polar surface area (TPSA) is 73.9 Å². The molecule has 0 amide bonds. The van der Waals surface area contributed by atoms with Crippen LogP contribution in [0.3, 0.4) is 0 Å². The van der Waals surface area contributed by atoms with Gasteiger partial charge in [-0.25, -0.2) is 13.1 Å². The molecule has 6 nitrogen and oxygen atoms in total. The third-order valence-electron chi connectivity index (χ3n) is 3.61. The van der Waals surface area contributed by atoms with Gasteiger partial charge >= 0.3 is 0 Å². The highest BCUT2D eigenvalue weighted by atomic mass is 32.2. The Balaban J connectivity index is 2.23. The maximum absolute atomic E-state index is 12.6. The van der Waals surface area contributed by atoms with Gasteiger partial charge < -0.3 is 14.2 Å². The van der Waals surface area contributed by atoms with Gasteiger partial charge in [0.15, 0.2) is 11.5 Å². The first kappa shape index (κ1) is 18.1. The van der Waals surface area contributed by atoms with Crippen molar-refractivity contribution in [1.29, 1.82) is 0 Å². The number of rotatable bonds is 7. The van der Waals surface area contributed by atoms with E-state index in [1.165, 1.54) is 26.4 Å². The zero-order chi connectivity index (χ0) is 17.7. The molecule has 2 aromatic carbocycles. The summed E-state index contributed by atoms with van der Waals surface area (Å²) in [5, 5.41) is 0. The smallest absolute Gasteiger partial charge is 0.241 e. The van der Waals surface area contributed by atoms with Crippen LogP contribution in [0, 0.1) is 0 Å². The molecule has 24 heavy (non-hydrogen) atoms. The van der Waals surface area contributed by atoms with Crippen molar-refractivity contribution in [2.75, 3.05) is 21.3 Å². The van der Waals surface area contributed by atoms with E-state index in [9.17, 15) is 8.42 Å². The Hall–Kier alpha value is -2.25. The normalized spacial score (nSPS) is 12.5. The Kier molecular flexibility index (Phi) is 5.69. The van der Waals surface area contributed by atoms with Crippen molar-refractivity contribution in [1.82, 2.24) is 4.72 Å². The lowest BCUT2D eigenvalue weighted by atomic mass is 10.1. The molecule has 0 saturated carbocycles. The van der Waals surface area contributed by atoms with E-state index in [0.29, 0.717) is 17.2 Å². The second-order valence-corrected chi connectivity index (χ2v) is 6.85. The number of hydrogen-bond donors (Lipinski definition) is 1. The number of nitrogens with one attached hydrogen (secondary N) is 1. The van der Waals surface area contributed by atoms with Gasteiger partial charge in [0.2, 0.25) is 10.0 Å². The lowest BCUT2D eigenvalue weighted by Gasteiger charge is -2.16. The highest BCUT2D eigenvalue weighted by Gasteiger charge is 2.20. The molecule has 0 unspecified atom stereocenters. The molecule has 0 spiro atoms. The van der Waals surface area contributed by atoms with Gasteiger partial charge in [0.25, 0.3) is 0 Å². The van der Waals surface area contributed by atoms with Crippen molar-refractivity contribution in [2.24, 2.45) is 0 Å². The predicted octanol–water partition coefficient (Wildman–Crippen LogP) is 2.75. The summed E-state index contributed by atoms with van der Waals surface area (Å²) >= 11 is 0. The van der Waals surface area contributed by atoms with Gasteiger partial charge in [0, 0.05) is 12.1 Å². The van der Waals surface area contributed by atoms with E-state index in [1.54, 1.807) is 32.2 Å². The Morgan fingerprint density at radius 1 is 0.875 bits per heavy atom. The number of sulfonamides is 1. The van der Waals surface area contributed by atoms with Crippen molar-refractivity contribution >= 4 is 10.0 Å². The molecular weight excluding hydrogens is 330 g/mol. The number of benzene rings is 2. The van der Waals surface area contributed by atoms with Crippen LogP contribution >= 0.6 is 0 Å². The molecule has 0 radical (unpaired) electrons. The van der Waals surface area contributed by atoms with Crippen LogP contribution in [-0.4, -0.2) is 29.7 Å². The van der Waals surface area contributed by atoms with Crippen LogP contribution in [0.25, 0.3) is 0 Å². The summed E-state index contributed by atoms with van der Waals surface area (Å²) in [7, 11) is 0.840. The van der Waals surface area contributed by atoms with Crippen molar-refractivity contribution in [2.45, 2.75) is 17.9 Å². The molecule has 0 heterocycles. The zero-order valence-electron chi connectivity index (χ0n) is 14.1. The molecule has 1 N–H and O–H groups in total. The van der Waals surface area contributed by atoms with E-state index < -0.39 is 16.1 Å². The maximum Gasteiger partial charge on any atom is 0.241 e. The van der Waals surface area contributed by atoms with Crippen molar-refractivity contribution < 1.29 is 22.6 Å². The zero-order valence-corrected chi connectivity index (χ0v) is 14.9. The first-order chi connectivity index (χ1) is 11.4. The fourth-order valence-electron chi connectivity index (χ4n) is 2.25. The third-order valence-corrected chi connectivity index (χ3v) is 5.15. The minimum Gasteiger partial charge on any atom is -0.497 e. The van der Waals surface area contributed by atoms with E-state index in [-0.39, 0.29) is 4.90 Å². The van der Waals surface area contributed by atoms with Crippen molar-refractivity contribution in [3.8, 4) is 17.2 Å². The maximum atomic E-state index is 12.6. The molecular formula is C17H21NO5S. The van der Waals surface area contributed by atoms with Crippen LogP contribution in [0.5, 0.6) is 17.2 Å². The van der Waals surface area contributed by atoms with E-state index in [2.05, 4.69) is 4.72 Å². The molecule has 0 aromatic heterocycles. The largest absolute Gasteiger partial charge is 0.497 e. The number of ether oxygens (including phenoxy) is 3. The molecule has 0 bridgehead atoms. The van der Waals surface area contributed by atoms with E-state index in [0.717, 1.165) is 5.56 Å². The lowest BCUT2D eigenvalue weighted by Crippen LogP contribution is -2.26. The predicted molar refractivity (Wildman–Crippen MR) is 91.3 cm³/mol. The SMILES string of the molecule is COc1ccc([C@@H](C)NS(=O)(=O)c2ccc(OC)c(OC)c2)cc1. The van der Waals surface area contributed by atoms with E-state index in [1.807, 2.05) is 12.1 Å². The van der Waals surface area contributed by atoms with Crippen LogP contribution in [0.4, 0.5) is 0 Å². The number of methoxy groups -OCH3 is 3. The number of hydrogen-bond acceptors (Lipinski definition) is 5. The van der Waals surface area contributed by atoms with Gasteiger partial charge in [0.05, 0.1) is 26.2 Å². The first-order valence-electron chi connectivity index (χ1n) is 7.29. The summed E-state index contributed by atoms with van der Waals surface area (Å²) in [6.07, 6.45) is 0. The Bertz CT molecular complexity index is 787. The minimum absolute atomic E-state index is 0.112. The molecule has 130 valence electrons. The van der Waals surface area contributed by atoms with Crippen LogP contribution in [0.2, 0.25) is 0 Å². The fourth-order valence-corrected chi connectivity index (χ4v) is 3.49. The van der Waals surface area contributed by atoms with Crippen LogP contribution in [0.1, 0.15) is 18.5 Å². The molecule has 7 heteroatoms. The fraction of sp³-hybridized carbons (Fsp3) is 0.294. The van der Waals surface area contributed by atoms with Crippen LogP contribution in [0.15, 0.2) is 47.4 Å². The average molecular weight is 351 g/mol. The second kappa shape index (κ2) is 7.55. The third kappa shape index (κ3) is 3.98. The minimum atomic E-state index is -3.70. The summed E-state index contributed by atoms with van der Waals surface area (Å²) in [5.74, 6) is 1.55. The van der Waals surface area contributed by atoms with Gasteiger partial charge in [-0.15, -0.1) is 0 Å². The molecule has 0 aliphatic rings. The van der Waals surface area contributed by atoms with E-state index >= 15 is 0 Å². The van der Waals surface area contributed by atoms with Crippen LogP contribution < -0.4 is 18.9 Å². The van der Waals surface area contributed by atoms with Crippen LogP contribution in [-0.2, 0) is 10.0 Å². The van der Waals surface area contributed by atoms with Crippen molar-refractivity contribution in [3.63, 3.8) is 0 Å². The quantitative estimate of drug-likeness (QED) is 0.830. The monoisotopic (exact) mass is 351 g/mol. The van der Waals surface area contributed by atoms with Gasteiger partial charge in [-0.2, -0.15) is 0 Å². The Labute approximate surface area is 142 Å². The highest BCUT2D eigenvalue weighted by molar-refractivity contribution is 7.89. The standard InChI is InChI=1S/C17H21NO5S/c1-12(13-5-7-14(21-2)8-6-13)18-24(19,20)15-9-10-16(22-3)17(11-15)23-4/h5-12,18H,1-4H3/t12-/m1/s1. The summed E-state index contributed by atoms with van der Waals surface area (Å²) < 4.78 is 43.2. The average Bonchev–Trinajstić information content (AvgIpc) is 2.60. The molecule has 1 atom stereocenters. The molecule has 0 saturated heterocycles. The summed E-state index contributed by atoms with van der Waals surface area (Å²) in [4.78, 5) is 0.112. The van der Waals surface area contributed by atoms with Gasteiger partial charge in [-0.3, -0.25) is 0 Å². The first-order valence-corrected chi connectivity index (χ1v) is 8.78. The van der Waals surface area contributed by atoms with E-state index in [4.69, 9.17) is 14.2 Å². The molecule has 0 fully saturated rings. The lowest BCUT2D eigenvalue weighted by molar-refractivity contribution is 0.354. The summed E-state index contributed by atoms with van der Waals surface area (Å²) in [6, 6.07) is 11.3. The Morgan fingerprint density at radius 2 is 1.50 bits per heavy atom. The molecule has 2 rings (SSSR count). The van der Waals surface area contributed by atoms with Gasteiger partial charge in [0.1, 0.15) is 5.75 Å². The van der Waals surface area contributed by atoms with Gasteiger partial charge in [-0.1, -0.05) is 12.1 Å². The molecule has 2 aromatic rings. The van der Waals surface area contributed by atoms with Gasteiger partial charge in [-0.05, 0) is 36.8 Å².